The van der Waals surface area contributed by atoms with E-state index in [1.54, 1.807) is 23.5 Å². The van der Waals surface area contributed by atoms with Gasteiger partial charge in [-0.25, -0.2) is 0 Å². The molecule has 1 aromatic heterocycles. The molecule has 1 N–H and O–H groups in total. The van der Waals surface area contributed by atoms with Crippen LogP contribution >= 0.6 is 11.3 Å². The highest BCUT2D eigenvalue weighted by atomic mass is 32.1. The van der Waals surface area contributed by atoms with Gasteiger partial charge in [-0.1, -0.05) is 24.3 Å². The van der Waals surface area contributed by atoms with Crippen molar-refractivity contribution in [1.29, 1.82) is 0 Å². The van der Waals surface area contributed by atoms with Crippen LogP contribution in [-0.4, -0.2) is 35.8 Å². The van der Waals surface area contributed by atoms with Crippen molar-refractivity contribution in [2.75, 3.05) is 13.1 Å². The molecule has 5 heteroatoms. The van der Waals surface area contributed by atoms with Crippen molar-refractivity contribution in [3.8, 4) is 0 Å². The van der Waals surface area contributed by atoms with Gasteiger partial charge in [0, 0.05) is 23.0 Å². The number of thiophene rings is 1. The maximum absolute atomic E-state index is 12.6. The molecule has 1 fully saturated rings. The van der Waals surface area contributed by atoms with E-state index in [1.165, 1.54) is 11.3 Å². The topological polar surface area (TPSA) is 49.4 Å². The van der Waals surface area contributed by atoms with Gasteiger partial charge in [0.25, 0.3) is 5.91 Å². The SMILES string of the molecule is O=C(NCC(=O)N1CCCCC1CCc1cccs1)c1ccccc1. The normalized spacial score (nSPS) is 17.3. The lowest BCUT2D eigenvalue weighted by Gasteiger charge is -2.36. The minimum absolute atomic E-state index is 0.0279. The monoisotopic (exact) mass is 356 g/mol. The molecule has 2 aromatic rings. The summed E-state index contributed by atoms with van der Waals surface area (Å²) in [5.41, 5.74) is 0.586. The number of hydrogen-bond acceptors (Lipinski definition) is 3. The summed E-state index contributed by atoms with van der Waals surface area (Å²) in [5, 5.41) is 4.85. The number of nitrogens with one attached hydrogen (secondary N) is 1. The van der Waals surface area contributed by atoms with E-state index in [9.17, 15) is 9.59 Å². The predicted molar refractivity (Wildman–Crippen MR) is 101 cm³/mol. The molecule has 1 aliphatic heterocycles. The lowest BCUT2D eigenvalue weighted by Crippen LogP contribution is -2.48. The maximum atomic E-state index is 12.6. The molecule has 1 unspecified atom stereocenters. The van der Waals surface area contributed by atoms with Crippen LogP contribution in [0, 0.1) is 0 Å². The summed E-state index contributed by atoms with van der Waals surface area (Å²) in [6.07, 6.45) is 5.30. The number of nitrogens with zero attached hydrogens (tertiary/aromatic N) is 1. The maximum Gasteiger partial charge on any atom is 0.251 e. The number of rotatable bonds is 6. The van der Waals surface area contributed by atoms with Gasteiger partial charge in [-0.05, 0) is 55.7 Å². The fourth-order valence-electron chi connectivity index (χ4n) is 3.34. The Hall–Kier alpha value is -2.14. The third-order valence-corrected chi connectivity index (χ3v) is 5.62. The Morgan fingerprint density at radius 3 is 2.72 bits per heavy atom. The summed E-state index contributed by atoms with van der Waals surface area (Å²) < 4.78 is 0. The molecule has 0 radical (unpaired) electrons. The molecule has 2 amide bonds. The van der Waals surface area contributed by atoms with E-state index in [4.69, 9.17) is 0 Å². The average Bonchev–Trinajstić information content (AvgIpc) is 3.18. The second kappa shape index (κ2) is 8.81. The third kappa shape index (κ3) is 4.92. The number of piperidine rings is 1. The van der Waals surface area contributed by atoms with E-state index in [2.05, 4.69) is 22.8 Å². The van der Waals surface area contributed by atoms with Crippen molar-refractivity contribution in [1.82, 2.24) is 10.2 Å². The van der Waals surface area contributed by atoms with E-state index in [0.29, 0.717) is 5.56 Å². The molecule has 1 aromatic carbocycles. The highest BCUT2D eigenvalue weighted by Crippen LogP contribution is 2.22. The second-order valence-corrected chi connectivity index (χ2v) is 7.44. The van der Waals surface area contributed by atoms with Crippen LogP contribution in [0.3, 0.4) is 0 Å². The zero-order chi connectivity index (χ0) is 17.5. The van der Waals surface area contributed by atoms with Gasteiger partial charge in [-0.15, -0.1) is 11.3 Å². The molecule has 0 spiro atoms. The van der Waals surface area contributed by atoms with Gasteiger partial charge < -0.3 is 10.2 Å². The minimum Gasteiger partial charge on any atom is -0.343 e. The Balaban J connectivity index is 1.52. The van der Waals surface area contributed by atoms with Crippen molar-refractivity contribution in [2.24, 2.45) is 0 Å². The van der Waals surface area contributed by atoms with Crippen molar-refractivity contribution < 1.29 is 9.59 Å². The smallest absolute Gasteiger partial charge is 0.251 e. The number of carbonyl (C=O) groups excluding carboxylic acids is 2. The Labute approximate surface area is 152 Å². The van der Waals surface area contributed by atoms with Gasteiger partial charge in [-0.3, -0.25) is 9.59 Å². The fourth-order valence-corrected chi connectivity index (χ4v) is 4.07. The highest BCUT2D eigenvalue weighted by molar-refractivity contribution is 7.09. The van der Waals surface area contributed by atoms with Gasteiger partial charge in [0.05, 0.1) is 6.54 Å². The number of likely N-dealkylation sites (tertiary alicyclic amines) is 1. The van der Waals surface area contributed by atoms with Gasteiger partial charge in [0.1, 0.15) is 0 Å². The van der Waals surface area contributed by atoms with Gasteiger partial charge in [0.2, 0.25) is 5.91 Å². The summed E-state index contributed by atoms with van der Waals surface area (Å²) in [6.45, 7) is 0.873. The first-order valence-electron chi connectivity index (χ1n) is 8.89. The van der Waals surface area contributed by atoms with Crippen LogP contribution in [0.5, 0.6) is 0 Å². The van der Waals surface area contributed by atoms with Gasteiger partial charge in [-0.2, -0.15) is 0 Å². The molecule has 0 aliphatic carbocycles. The molecule has 25 heavy (non-hydrogen) atoms. The Morgan fingerprint density at radius 2 is 1.96 bits per heavy atom. The van der Waals surface area contributed by atoms with Crippen LogP contribution in [0.2, 0.25) is 0 Å². The molecular formula is C20H24N2O2S. The summed E-state index contributed by atoms with van der Waals surface area (Å²) in [6, 6.07) is 13.5. The molecular weight excluding hydrogens is 332 g/mol. The zero-order valence-electron chi connectivity index (χ0n) is 14.3. The number of aryl methyl sites for hydroxylation is 1. The highest BCUT2D eigenvalue weighted by Gasteiger charge is 2.26. The van der Waals surface area contributed by atoms with Crippen LogP contribution in [0.15, 0.2) is 47.8 Å². The Bertz CT molecular complexity index is 685. The molecule has 132 valence electrons. The third-order valence-electron chi connectivity index (χ3n) is 4.69. The number of carbonyl (C=O) groups is 2. The number of amides is 2. The van der Waals surface area contributed by atoms with Crippen molar-refractivity contribution >= 4 is 23.2 Å². The number of hydrogen-bond donors (Lipinski definition) is 1. The average molecular weight is 356 g/mol. The largest absolute Gasteiger partial charge is 0.343 e. The van der Waals surface area contributed by atoms with Crippen LogP contribution in [0.25, 0.3) is 0 Å². The van der Waals surface area contributed by atoms with Crippen molar-refractivity contribution in [2.45, 2.75) is 38.1 Å². The van der Waals surface area contributed by atoms with Crippen LogP contribution < -0.4 is 5.32 Å². The van der Waals surface area contributed by atoms with E-state index in [1.807, 2.05) is 23.1 Å². The fraction of sp³-hybridized carbons (Fsp3) is 0.400. The summed E-state index contributed by atoms with van der Waals surface area (Å²) in [4.78, 5) is 28.1. The Kier molecular flexibility index (Phi) is 6.23. The van der Waals surface area contributed by atoms with Crippen LogP contribution in [0.1, 0.15) is 40.9 Å². The second-order valence-electron chi connectivity index (χ2n) is 6.40. The molecule has 1 atom stereocenters. The minimum atomic E-state index is -0.193. The molecule has 3 rings (SSSR count). The van der Waals surface area contributed by atoms with E-state index >= 15 is 0 Å². The molecule has 0 saturated carbocycles. The van der Waals surface area contributed by atoms with Gasteiger partial charge >= 0.3 is 0 Å². The summed E-state index contributed by atoms with van der Waals surface area (Å²) in [5.74, 6) is -0.166. The summed E-state index contributed by atoms with van der Waals surface area (Å²) in [7, 11) is 0. The van der Waals surface area contributed by atoms with E-state index in [0.717, 1.165) is 32.2 Å². The Morgan fingerprint density at radius 1 is 1.12 bits per heavy atom. The molecule has 1 saturated heterocycles. The first-order chi connectivity index (χ1) is 12.2. The van der Waals surface area contributed by atoms with Crippen molar-refractivity contribution in [3.05, 3.63) is 58.3 Å². The lowest BCUT2D eigenvalue weighted by atomic mass is 9.97. The van der Waals surface area contributed by atoms with Crippen molar-refractivity contribution in [3.63, 3.8) is 0 Å². The van der Waals surface area contributed by atoms with Crippen LogP contribution in [-0.2, 0) is 11.2 Å². The molecule has 0 bridgehead atoms. The first kappa shape index (κ1) is 17.7. The first-order valence-corrected chi connectivity index (χ1v) is 9.77. The lowest BCUT2D eigenvalue weighted by molar-refractivity contribution is -0.133. The van der Waals surface area contributed by atoms with Crippen LogP contribution in [0.4, 0.5) is 0 Å². The molecule has 2 heterocycles. The zero-order valence-corrected chi connectivity index (χ0v) is 15.1. The number of benzene rings is 1. The van der Waals surface area contributed by atoms with E-state index in [-0.39, 0.29) is 24.4 Å². The molecule has 4 nitrogen and oxygen atoms in total. The quantitative estimate of drug-likeness (QED) is 0.861. The van der Waals surface area contributed by atoms with E-state index < -0.39 is 0 Å². The predicted octanol–water partition coefficient (Wildman–Crippen LogP) is 3.49. The standard InChI is InChI=1S/C20H24N2O2S/c23-19(15-21-20(24)16-7-2-1-3-8-16)22-13-5-4-9-17(22)11-12-18-10-6-14-25-18/h1-3,6-8,10,14,17H,4-5,9,11-13,15H2,(H,21,24). The summed E-state index contributed by atoms with van der Waals surface area (Å²) >= 11 is 1.77. The van der Waals surface area contributed by atoms with Gasteiger partial charge in [0.15, 0.2) is 0 Å². The molecule has 1 aliphatic rings.